The van der Waals surface area contributed by atoms with Crippen LogP contribution in [-0.2, 0) is 6.54 Å². The molecule has 32 heavy (non-hydrogen) atoms. The number of pyridine rings is 1. The Kier molecular flexibility index (Phi) is 5.76. The summed E-state index contributed by atoms with van der Waals surface area (Å²) in [7, 11) is 0. The maximum Gasteiger partial charge on any atom is 0.335 e. The van der Waals surface area contributed by atoms with Crippen molar-refractivity contribution < 1.29 is 14.3 Å². The molecule has 4 aromatic rings. The lowest BCUT2D eigenvalue weighted by Gasteiger charge is -2.07. The zero-order valence-corrected chi connectivity index (χ0v) is 17.8. The second-order valence-electron chi connectivity index (χ2n) is 7.33. The summed E-state index contributed by atoms with van der Waals surface area (Å²) in [4.78, 5) is 15.4. The van der Waals surface area contributed by atoms with Crippen molar-refractivity contribution in [1.82, 2.24) is 9.55 Å². The Hall–Kier alpha value is -3.95. The molecule has 0 atom stereocenters. The minimum absolute atomic E-state index is 0.0131. The van der Waals surface area contributed by atoms with E-state index in [1.54, 1.807) is 41.2 Å². The molecule has 0 unspecified atom stereocenters. The number of hydrogen-bond acceptors (Lipinski definition) is 3. The van der Waals surface area contributed by atoms with Crippen LogP contribution < -0.4 is 0 Å². The van der Waals surface area contributed by atoms with E-state index in [1.165, 1.54) is 18.2 Å². The van der Waals surface area contributed by atoms with Crippen LogP contribution in [0.2, 0.25) is 5.02 Å². The first-order valence-electron chi connectivity index (χ1n) is 9.71. The van der Waals surface area contributed by atoms with Gasteiger partial charge < -0.3 is 9.67 Å². The monoisotopic (exact) mass is 445 g/mol. The number of carboxylic acid groups (broad SMARTS) is 1. The molecule has 0 aliphatic rings. The standard InChI is InChI=1S/C25H17ClFN3O2/c1-15-2-3-16(12-29-15)13-30-14-20(21-8-9-22(26)23(27)24(21)30)10-19(11-28)17-4-6-18(7-5-17)25(31)32/h2-10,12,14H,13H2,1H3,(H,31,32)/b19-10+. The van der Waals surface area contributed by atoms with E-state index in [9.17, 15) is 14.4 Å². The van der Waals surface area contributed by atoms with Gasteiger partial charge in [-0.05, 0) is 48.4 Å². The van der Waals surface area contributed by atoms with Crippen molar-refractivity contribution in [2.24, 2.45) is 0 Å². The maximum atomic E-state index is 15.0. The summed E-state index contributed by atoms with van der Waals surface area (Å²) in [5.74, 6) is -1.58. The van der Waals surface area contributed by atoms with Gasteiger partial charge in [-0.25, -0.2) is 9.18 Å². The topological polar surface area (TPSA) is 78.9 Å². The van der Waals surface area contributed by atoms with Crippen molar-refractivity contribution in [3.05, 3.63) is 99.7 Å². The Labute approximate surface area is 188 Å². The van der Waals surface area contributed by atoms with E-state index >= 15 is 0 Å². The molecule has 2 heterocycles. The SMILES string of the molecule is Cc1ccc(Cn2cc(/C=C(\C#N)c3ccc(C(=O)O)cc3)c3ccc(Cl)c(F)c32)cn1. The molecule has 1 N–H and O–H groups in total. The molecule has 0 radical (unpaired) electrons. The fraction of sp³-hybridized carbons (Fsp3) is 0.0800. The highest BCUT2D eigenvalue weighted by Gasteiger charge is 2.16. The first-order valence-corrected chi connectivity index (χ1v) is 10.1. The Morgan fingerprint density at radius 3 is 2.53 bits per heavy atom. The molecule has 4 rings (SSSR count). The molecule has 0 bridgehead atoms. The van der Waals surface area contributed by atoms with Gasteiger partial charge in [0.2, 0.25) is 0 Å². The molecule has 0 amide bonds. The molecular weight excluding hydrogens is 429 g/mol. The minimum Gasteiger partial charge on any atom is -0.478 e. The van der Waals surface area contributed by atoms with Crippen LogP contribution in [0.1, 0.15) is 32.7 Å². The van der Waals surface area contributed by atoms with E-state index in [-0.39, 0.29) is 10.6 Å². The zero-order chi connectivity index (χ0) is 22.8. The number of aryl methyl sites for hydroxylation is 1. The van der Waals surface area contributed by atoms with E-state index in [4.69, 9.17) is 16.7 Å². The number of nitrogens with zero attached hydrogens (tertiary/aromatic N) is 3. The number of halogens is 2. The van der Waals surface area contributed by atoms with Crippen LogP contribution in [0.25, 0.3) is 22.6 Å². The second-order valence-corrected chi connectivity index (χ2v) is 7.74. The number of hydrogen-bond donors (Lipinski definition) is 1. The average molecular weight is 446 g/mol. The molecule has 7 heteroatoms. The normalized spacial score (nSPS) is 11.5. The quantitative estimate of drug-likeness (QED) is 0.385. The molecular formula is C25H17ClFN3O2. The number of rotatable bonds is 5. The first kappa shape index (κ1) is 21.3. The number of allylic oxidation sites excluding steroid dienone is 1. The molecule has 0 spiro atoms. The largest absolute Gasteiger partial charge is 0.478 e. The summed E-state index contributed by atoms with van der Waals surface area (Å²) < 4.78 is 16.7. The number of benzene rings is 2. The molecule has 0 fully saturated rings. The summed E-state index contributed by atoms with van der Waals surface area (Å²) in [5.41, 5.74) is 3.79. The van der Waals surface area contributed by atoms with Gasteiger partial charge in [-0.1, -0.05) is 35.9 Å². The lowest BCUT2D eigenvalue weighted by Crippen LogP contribution is -2.00. The van der Waals surface area contributed by atoms with Crippen molar-refractivity contribution in [1.29, 1.82) is 5.26 Å². The summed E-state index contributed by atoms with van der Waals surface area (Å²) >= 11 is 6.05. The molecule has 0 aliphatic carbocycles. The van der Waals surface area contributed by atoms with Crippen molar-refractivity contribution in [2.75, 3.05) is 0 Å². The summed E-state index contributed by atoms with van der Waals surface area (Å²) in [6.45, 7) is 2.27. The molecule has 0 aliphatic heterocycles. The van der Waals surface area contributed by atoms with Crippen LogP contribution in [0, 0.1) is 24.1 Å². The highest BCUT2D eigenvalue weighted by Crippen LogP contribution is 2.31. The molecule has 2 aromatic heterocycles. The Morgan fingerprint density at radius 2 is 1.91 bits per heavy atom. The van der Waals surface area contributed by atoms with E-state index in [1.807, 2.05) is 19.1 Å². The number of carbonyl (C=O) groups is 1. The Bertz CT molecular complexity index is 1400. The Morgan fingerprint density at radius 1 is 1.19 bits per heavy atom. The zero-order valence-electron chi connectivity index (χ0n) is 17.0. The van der Waals surface area contributed by atoms with E-state index < -0.39 is 11.8 Å². The van der Waals surface area contributed by atoms with Gasteiger partial charge in [0.05, 0.1) is 27.7 Å². The van der Waals surface area contributed by atoms with E-state index in [0.717, 1.165) is 11.3 Å². The fourth-order valence-electron chi connectivity index (χ4n) is 3.51. The van der Waals surface area contributed by atoms with Crippen LogP contribution >= 0.6 is 11.6 Å². The van der Waals surface area contributed by atoms with Crippen LogP contribution in [0.4, 0.5) is 4.39 Å². The summed E-state index contributed by atoms with van der Waals surface area (Å²) in [5, 5.41) is 19.4. The predicted molar refractivity (Wildman–Crippen MR) is 122 cm³/mol. The molecule has 2 aromatic carbocycles. The molecule has 158 valence electrons. The molecule has 0 saturated heterocycles. The lowest BCUT2D eigenvalue weighted by molar-refractivity contribution is 0.0697. The van der Waals surface area contributed by atoms with Gasteiger partial charge in [-0.3, -0.25) is 4.98 Å². The van der Waals surface area contributed by atoms with Crippen LogP contribution in [0.5, 0.6) is 0 Å². The van der Waals surface area contributed by atoms with Gasteiger partial charge in [-0.15, -0.1) is 0 Å². The number of fused-ring (bicyclic) bond motifs is 1. The second kappa shape index (κ2) is 8.66. The van der Waals surface area contributed by atoms with Crippen LogP contribution in [0.3, 0.4) is 0 Å². The Balaban J connectivity index is 1.83. The third-order valence-electron chi connectivity index (χ3n) is 5.15. The lowest BCUT2D eigenvalue weighted by atomic mass is 10.0. The number of nitriles is 1. The molecule has 0 saturated carbocycles. The molecule has 5 nitrogen and oxygen atoms in total. The number of carboxylic acids is 1. The van der Waals surface area contributed by atoms with Crippen molar-refractivity contribution in [3.8, 4) is 6.07 Å². The fourth-order valence-corrected chi connectivity index (χ4v) is 3.66. The van der Waals surface area contributed by atoms with Gasteiger partial charge in [0, 0.05) is 35.6 Å². The highest BCUT2D eigenvalue weighted by molar-refractivity contribution is 6.31. The van der Waals surface area contributed by atoms with Crippen molar-refractivity contribution in [2.45, 2.75) is 13.5 Å². The van der Waals surface area contributed by atoms with Crippen LogP contribution in [-0.4, -0.2) is 20.6 Å². The van der Waals surface area contributed by atoms with Gasteiger partial charge >= 0.3 is 5.97 Å². The van der Waals surface area contributed by atoms with Gasteiger partial charge in [0.15, 0.2) is 5.82 Å². The van der Waals surface area contributed by atoms with Gasteiger partial charge in [0.1, 0.15) is 0 Å². The highest BCUT2D eigenvalue weighted by atomic mass is 35.5. The number of aromatic carboxylic acids is 1. The minimum atomic E-state index is -1.04. The summed E-state index contributed by atoms with van der Waals surface area (Å²) in [6.07, 6.45) is 5.17. The first-order chi connectivity index (χ1) is 15.4. The summed E-state index contributed by atoms with van der Waals surface area (Å²) in [6, 6.07) is 15.2. The average Bonchev–Trinajstić information content (AvgIpc) is 3.13. The van der Waals surface area contributed by atoms with E-state index in [2.05, 4.69) is 11.1 Å². The smallest absolute Gasteiger partial charge is 0.335 e. The van der Waals surface area contributed by atoms with Gasteiger partial charge in [-0.2, -0.15) is 5.26 Å². The third kappa shape index (κ3) is 4.11. The third-order valence-corrected chi connectivity index (χ3v) is 5.44. The maximum absolute atomic E-state index is 15.0. The van der Waals surface area contributed by atoms with Crippen LogP contribution in [0.15, 0.2) is 60.9 Å². The van der Waals surface area contributed by atoms with Crippen molar-refractivity contribution in [3.63, 3.8) is 0 Å². The van der Waals surface area contributed by atoms with E-state index in [0.29, 0.717) is 34.1 Å². The van der Waals surface area contributed by atoms with Gasteiger partial charge in [0.25, 0.3) is 0 Å². The predicted octanol–water partition coefficient (Wildman–Crippen LogP) is 5.95. The van der Waals surface area contributed by atoms with Crippen molar-refractivity contribution >= 4 is 40.1 Å². The number of aromatic nitrogens is 2.